The van der Waals surface area contributed by atoms with Gasteiger partial charge in [-0.1, -0.05) is 30.3 Å². The third-order valence-corrected chi connectivity index (χ3v) is 4.22. The minimum atomic E-state index is -1.68. The monoisotopic (exact) mass is 439 g/mol. The topological polar surface area (TPSA) is 147 Å². The van der Waals surface area contributed by atoms with Gasteiger partial charge in [0.1, 0.15) is 25.4 Å². The third-order valence-electron chi connectivity index (χ3n) is 4.22. The minimum absolute atomic E-state index is 0.0446. The lowest BCUT2D eigenvalue weighted by Gasteiger charge is -2.43. The maximum atomic E-state index is 12.3. The van der Waals surface area contributed by atoms with Gasteiger partial charge in [0.2, 0.25) is 0 Å². The number of alkyl carbamates (subject to hydrolysis) is 1. The van der Waals surface area contributed by atoms with Crippen LogP contribution in [0.3, 0.4) is 0 Å². The van der Waals surface area contributed by atoms with Crippen LogP contribution in [0.2, 0.25) is 0 Å². The van der Waals surface area contributed by atoms with Gasteiger partial charge in [-0.3, -0.25) is 14.4 Å². The summed E-state index contributed by atoms with van der Waals surface area (Å²) < 4.78 is 25.8. The van der Waals surface area contributed by atoms with Crippen molar-refractivity contribution in [2.24, 2.45) is 0 Å². The average Bonchev–Trinajstić information content (AvgIpc) is 2.70. The molecule has 1 aromatic rings. The summed E-state index contributed by atoms with van der Waals surface area (Å²) in [5.41, 5.74) is 0.730. The molecular formula is C20H25NO10. The number of ether oxygens (including phenoxy) is 5. The number of aliphatic hydroxyl groups is 1. The quantitative estimate of drug-likeness (QED) is 0.453. The molecule has 0 aromatic heterocycles. The van der Waals surface area contributed by atoms with Crippen molar-refractivity contribution >= 4 is 24.0 Å². The van der Waals surface area contributed by atoms with Crippen LogP contribution in [0.5, 0.6) is 0 Å². The molecule has 0 aliphatic carbocycles. The average molecular weight is 439 g/mol. The van der Waals surface area contributed by atoms with E-state index in [9.17, 15) is 24.3 Å². The molecule has 0 radical (unpaired) electrons. The fourth-order valence-electron chi connectivity index (χ4n) is 2.97. The van der Waals surface area contributed by atoms with E-state index in [-0.39, 0.29) is 13.2 Å². The van der Waals surface area contributed by atoms with E-state index in [2.05, 4.69) is 5.32 Å². The molecule has 1 aromatic carbocycles. The van der Waals surface area contributed by atoms with Crippen LogP contribution >= 0.6 is 0 Å². The van der Waals surface area contributed by atoms with Crippen LogP contribution in [0.25, 0.3) is 0 Å². The normalized spacial score (nSPS) is 25.1. The first-order valence-corrected chi connectivity index (χ1v) is 9.46. The molecule has 3 unspecified atom stereocenters. The number of nitrogens with one attached hydrogen (secondary N) is 1. The molecule has 2 rings (SSSR count). The Morgan fingerprint density at radius 3 is 2.13 bits per heavy atom. The summed E-state index contributed by atoms with van der Waals surface area (Å²) in [6.45, 7) is 2.97. The largest absolute Gasteiger partial charge is 0.463 e. The van der Waals surface area contributed by atoms with Gasteiger partial charge in [0, 0.05) is 20.8 Å². The van der Waals surface area contributed by atoms with Crippen LogP contribution in [0.15, 0.2) is 30.3 Å². The van der Waals surface area contributed by atoms with Crippen molar-refractivity contribution in [2.75, 3.05) is 6.61 Å². The van der Waals surface area contributed by atoms with E-state index >= 15 is 0 Å². The van der Waals surface area contributed by atoms with Gasteiger partial charge in [-0.25, -0.2) is 4.79 Å². The van der Waals surface area contributed by atoms with Gasteiger partial charge in [0.15, 0.2) is 18.5 Å². The number of esters is 3. The Morgan fingerprint density at radius 2 is 1.55 bits per heavy atom. The van der Waals surface area contributed by atoms with Crippen molar-refractivity contribution in [1.29, 1.82) is 0 Å². The van der Waals surface area contributed by atoms with Crippen LogP contribution in [-0.4, -0.2) is 66.4 Å². The highest BCUT2D eigenvalue weighted by molar-refractivity contribution is 5.69. The first kappa shape index (κ1) is 24.1. The molecule has 0 bridgehead atoms. The molecule has 1 aliphatic heterocycles. The van der Waals surface area contributed by atoms with Gasteiger partial charge in [0.25, 0.3) is 0 Å². The van der Waals surface area contributed by atoms with Crippen LogP contribution < -0.4 is 5.32 Å². The molecule has 1 saturated heterocycles. The first-order chi connectivity index (χ1) is 14.7. The van der Waals surface area contributed by atoms with E-state index in [1.165, 1.54) is 0 Å². The lowest BCUT2D eigenvalue weighted by atomic mass is 9.96. The second-order valence-electron chi connectivity index (χ2n) is 6.75. The van der Waals surface area contributed by atoms with Crippen molar-refractivity contribution in [2.45, 2.75) is 58.0 Å². The standard InChI is InChI=1S/C20H25NO10/c1-11(22)27-10-15-17(29-12(2)23)18(30-13(3)24)16(19(25)31-15)21-20(26)28-9-14-7-5-4-6-8-14/h4-8,15-19,25H,9-10H2,1-3H3,(H,21,26)/t15-,16?,17?,18-,19?/m1/s1. The van der Waals surface area contributed by atoms with Gasteiger partial charge in [-0.2, -0.15) is 0 Å². The van der Waals surface area contributed by atoms with Crippen molar-refractivity contribution in [3.8, 4) is 0 Å². The fraction of sp³-hybridized carbons (Fsp3) is 0.500. The Morgan fingerprint density at radius 1 is 0.935 bits per heavy atom. The number of rotatable bonds is 7. The second kappa shape index (κ2) is 11.3. The van der Waals surface area contributed by atoms with Gasteiger partial charge in [-0.05, 0) is 5.56 Å². The predicted molar refractivity (Wildman–Crippen MR) is 102 cm³/mol. The second-order valence-corrected chi connectivity index (χ2v) is 6.75. The van der Waals surface area contributed by atoms with Crippen molar-refractivity contribution in [3.63, 3.8) is 0 Å². The van der Waals surface area contributed by atoms with Crippen LogP contribution in [0.1, 0.15) is 26.3 Å². The van der Waals surface area contributed by atoms with E-state index < -0.39 is 54.6 Å². The maximum Gasteiger partial charge on any atom is 0.407 e. The Balaban J connectivity index is 2.16. The lowest BCUT2D eigenvalue weighted by molar-refractivity contribution is -0.264. The summed E-state index contributed by atoms with van der Waals surface area (Å²) in [6.07, 6.45) is -6.36. The van der Waals surface area contributed by atoms with E-state index in [4.69, 9.17) is 23.7 Å². The molecule has 5 atom stereocenters. The van der Waals surface area contributed by atoms with E-state index in [1.54, 1.807) is 24.3 Å². The van der Waals surface area contributed by atoms with Gasteiger partial charge < -0.3 is 34.1 Å². The number of hydrogen-bond acceptors (Lipinski definition) is 10. The first-order valence-electron chi connectivity index (χ1n) is 9.46. The molecule has 2 N–H and O–H groups in total. The molecule has 170 valence electrons. The molecule has 0 saturated carbocycles. The number of benzene rings is 1. The molecule has 1 heterocycles. The van der Waals surface area contributed by atoms with Gasteiger partial charge in [0.05, 0.1) is 0 Å². The summed E-state index contributed by atoms with van der Waals surface area (Å²) in [6, 6.07) is 7.54. The highest BCUT2D eigenvalue weighted by Gasteiger charge is 2.50. The van der Waals surface area contributed by atoms with Crippen molar-refractivity contribution in [1.82, 2.24) is 5.32 Å². The van der Waals surface area contributed by atoms with Crippen molar-refractivity contribution < 1.29 is 48.0 Å². The highest BCUT2D eigenvalue weighted by atomic mass is 16.7. The Kier molecular flexibility index (Phi) is 8.76. The zero-order chi connectivity index (χ0) is 23.0. The van der Waals surface area contributed by atoms with Gasteiger partial charge in [-0.15, -0.1) is 0 Å². The Labute approximate surface area is 178 Å². The summed E-state index contributed by atoms with van der Waals surface area (Å²) >= 11 is 0. The molecule has 0 spiro atoms. The third kappa shape index (κ3) is 7.54. The smallest absolute Gasteiger partial charge is 0.407 e. The Hall–Kier alpha value is -3.18. The number of amides is 1. The summed E-state index contributed by atoms with van der Waals surface area (Å²) in [5.74, 6) is -2.12. The zero-order valence-electron chi connectivity index (χ0n) is 17.3. The van der Waals surface area contributed by atoms with Crippen LogP contribution in [0, 0.1) is 0 Å². The highest BCUT2D eigenvalue weighted by Crippen LogP contribution is 2.26. The van der Waals surface area contributed by atoms with Crippen LogP contribution in [-0.2, 0) is 44.7 Å². The SMILES string of the molecule is CC(=O)OC[C@H]1OC(O)C(NC(=O)OCc2ccccc2)[C@@H](OC(C)=O)C1OC(C)=O. The molecule has 1 aliphatic rings. The molecule has 11 nitrogen and oxygen atoms in total. The van der Waals surface area contributed by atoms with Crippen molar-refractivity contribution in [3.05, 3.63) is 35.9 Å². The number of carbonyl (C=O) groups excluding carboxylic acids is 4. The number of aliphatic hydroxyl groups excluding tert-OH is 1. The minimum Gasteiger partial charge on any atom is -0.463 e. The fourth-order valence-corrected chi connectivity index (χ4v) is 2.97. The molecule has 11 heteroatoms. The molecule has 1 fully saturated rings. The number of carbonyl (C=O) groups is 4. The summed E-state index contributed by atoms with van der Waals surface area (Å²) in [5, 5.41) is 12.8. The number of hydrogen-bond donors (Lipinski definition) is 2. The summed E-state index contributed by atoms with van der Waals surface area (Å²) in [4.78, 5) is 46.7. The molecule has 31 heavy (non-hydrogen) atoms. The summed E-state index contributed by atoms with van der Waals surface area (Å²) in [7, 11) is 0. The van der Waals surface area contributed by atoms with Crippen LogP contribution in [0.4, 0.5) is 4.79 Å². The van der Waals surface area contributed by atoms with E-state index in [1.807, 2.05) is 6.07 Å². The molecular weight excluding hydrogens is 414 g/mol. The van der Waals surface area contributed by atoms with E-state index in [0.29, 0.717) is 0 Å². The zero-order valence-corrected chi connectivity index (χ0v) is 17.3. The lowest BCUT2D eigenvalue weighted by Crippen LogP contribution is -2.66. The predicted octanol–water partition coefficient (Wildman–Crippen LogP) is 0.425. The molecule has 1 amide bonds. The Bertz CT molecular complexity index is 783. The van der Waals surface area contributed by atoms with Gasteiger partial charge >= 0.3 is 24.0 Å². The maximum absolute atomic E-state index is 12.3. The van der Waals surface area contributed by atoms with E-state index in [0.717, 1.165) is 26.3 Å².